The van der Waals surface area contributed by atoms with Crippen molar-refractivity contribution in [1.82, 2.24) is 20.2 Å². The number of benzene rings is 1. The molecule has 0 aliphatic carbocycles. The van der Waals surface area contributed by atoms with Crippen LogP contribution in [0.4, 0.5) is 18.9 Å². The molecule has 3 heterocycles. The van der Waals surface area contributed by atoms with E-state index in [1.807, 2.05) is 6.92 Å². The topological polar surface area (TPSA) is 83.6 Å². The first-order chi connectivity index (χ1) is 12.4. The minimum Gasteiger partial charge on any atom is -0.325 e. The Bertz CT molecular complexity index is 1010. The molecule has 0 bridgehead atoms. The number of anilines is 1. The highest BCUT2D eigenvalue weighted by Crippen LogP contribution is 2.41. The van der Waals surface area contributed by atoms with Crippen molar-refractivity contribution < 1.29 is 18.0 Å². The number of hydrogen-bond acceptors (Lipinski definition) is 4. The lowest BCUT2D eigenvalue weighted by molar-refractivity contribution is -0.137. The van der Waals surface area contributed by atoms with Gasteiger partial charge in [0.25, 0.3) is 0 Å². The number of aromatic amines is 1. The van der Waals surface area contributed by atoms with Crippen molar-refractivity contribution in [1.29, 1.82) is 0 Å². The van der Waals surface area contributed by atoms with Gasteiger partial charge in [-0.3, -0.25) is 9.89 Å². The van der Waals surface area contributed by atoms with Crippen molar-refractivity contribution >= 4 is 22.6 Å². The van der Waals surface area contributed by atoms with Crippen LogP contribution in [0.15, 0.2) is 24.4 Å². The number of amides is 1. The number of fused-ring (bicyclic) bond motifs is 2. The number of H-pyrrole nitrogens is 1. The number of halogens is 3. The molecule has 1 amide bonds. The first kappa shape index (κ1) is 16.5. The highest BCUT2D eigenvalue weighted by Gasteiger charge is 2.38. The molecule has 0 saturated carbocycles. The van der Waals surface area contributed by atoms with E-state index in [2.05, 4.69) is 25.5 Å². The van der Waals surface area contributed by atoms with Gasteiger partial charge in [-0.2, -0.15) is 18.3 Å². The second-order valence-electron chi connectivity index (χ2n) is 6.13. The molecule has 3 aromatic rings. The first-order valence-electron chi connectivity index (χ1n) is 8.10. The number of carbonyl (C=O) groups is 1. The number of carbonyl (C=O) groups excluding carboxylic acids is 1. The van der Waals surface area contributed by atoms with E-state index in [9.17, 15) is 18.0 Å². The van der Waals surface area contributed by atoms with Crippen LogP contribution in [-0.4, -0.2) is 26.1 Å². The third-order valence-electron chi connectivity index (χ3n) is 4.34. The Morgan fingerprint density at radius 1 is 1.23 bits per heavy atom. The number of nitrogens with one attached hydrogen (secondary N) is 2. The molecule has 1 unspecified atom stereocenters. The zero-order valence-electron chi connectivity index (χ0n) is 13.7. The van der Waals surface area contributed by atoms with Crippen molar-refractivity contribution in [2.75, 3.05) is 5.32 Å². The van der Waals surface area contributed by atoms with Gasteiger partial charge in [0.1, 0.15) is 11.7 Å². The molecular weight excluding hydrogens is 347 g/mol. The molecule has 4 rings (SSSR count). The maximum absolute atomic E-state index is 13.1. The van der Waals surface area contributed by atoms with Crippen LogP contribution in [0.25, 0.3) is 11.0 Å². The summed E-state index contributed by atoms with van der Waals surface area (Å²) in [5, 5.41) is 9.84. The van der Waals surface area contributed by atoms with E-state index >= 15 is 0 Å². The van der Waals surface area contributed by atoms with Gasteiger partial charge in [0.15, 0.2) is 5.65 Å². The Hall–Kier alpha value is -2.97. The van der Waals surface area contributed by atoms with Gasteiger partial charge < -0.3 is 5.32 Å². The smallest absolute Gasteiger partial charge is 0.325 e. The summed E-state index contributed by atoms with van der Waals surface area (Å²) in [6.07, 6.45) is -1.62. The molecule has 134 valence electrons. The van der Waals surface area contributed by atoms with Crippen LogP contribution in [-0.2, 0) is 17.4 Å². The molecule has 0 radical (unpaired) electrons. The summed E-state index contributed by atoms with van der Waals surface area (Å²) in [6.45, 7) is 1.97. The highest BCUT2D eigenvalue weighted by atomic mass is 19.4. The largest absolute Gasteiger partial charge is 0.416 e. The Balaban J connectivity index is 1.91. The Morgan fingerprint density at radius 3 is 2.77 bits per heavy atom. The first-order valence-corrected chi connectivity index (χ1v) is 8.10. The average molecular weight is 361 g/mol. The van der Waals surface area contributed by atoms with Crippen LogP contribution >= 0.6 is 0 Å². The van der Waals surface area contributed by atoms with Gasteiger partial charge in [-0.15, -0.1) is 0 Å². The minimum absolute atomic E-state index is 0.258. The molecule has 1 aliphatic rings. The predicted molar refractivity (Wildman–Crippen MR) is 87.6 cm³/mol. The predicted octanol–water partition coefficient (Wildman–Crippen LogP) is 3.41. The van der Waals surface area contributed by atoms with E-state index < -0.39 is 23.6 Å². The number of aryl methyl sites for hydroxylation is 1. The zero-order valence-corrected chi connectivity index (χ0v) is 13.7. The molecule has 1 aromatic carbocycles. The van der Waals surface area contributed by atoms with Gasteiger partial charge in [-0.1, -0.05) is 6.92 Å². The maximum atomic E-state index is 13.1. The van der Waals surface area contributed by atoms with Crippen LogP contribution < -0.4 is 5.32 Å². The Morgan fingerprint density at radius 2 is 2.04 bits per heavy atom. The van der Waals surface area contributed by atoms with Crippen molar-refractivity contribution in [2.24, 2.45) is 0 Å². The minimum atomic E-state index is -4.49. The van der Waals surface area contributed by atoms with Crippen molar-refractivity contribution in [3.8, 4) is 0 Å². The Labute approximate surface area is 145 Å². The standard InChI is InChI=1S/C17H14F3N5O/c1-2-3-12-23-14(10-7-21-25-15(10)24-12)13-9-6-8(17(18,19)20)4-5-11(9)22-16(13)26/h4-7,13H,2-3H2,1H3,(H,22,26)(H,21,23,24,25). The molecule has 26 heavy (non-hydrogen) atoms. The number of alkyl halides is 3. The van der Waals surface area contributed by atoms with Gasteiger partial charge in [0.2, 0.25) is 5.91 Å². The fraction of sp³-hybridized carbons (Fsp3) is 0.294. The lowest BCUT2D eigenvalue weighted by Crippen LogP contribution is -2.16. The molecule has 2 aromatic heterocycles. The molecule has 1 atom stereocenters. The van der Waals surface area contributed by atoms with E-state index in [4.69, 9.17) is 0 Å². The summed E-state index contributed by atoms with van der Waals surface area (Å²) in [7, 11) is 0. The van der Waals surface area contributed by atoms with Crippen molar-refractivity contribution in [3.05, 3.63) is 47.0 Å². The highest BCUT2D eigenvalue weighted by molar-refractivity contribution is 6.06. The average Bonchev–Trinajstić information content (AvgIpc) is 3.16. The van der Waals surface area contributed by atoms with Crippen LogP contribution in [0, 0.1) is 0 Å². The summed E-state index contributed by atoms with van der Waals surface area (Å²) >= 11 is 0. The fourth-order valence-electron chi connectivity index (χ4n) is 3.17. The number of hydrogen-bond donors (Lipinski definition) is 2. The van der Waals surface area contributed by atoms with E-state index in [0.717, 1.165) is 18.6 Å². The van der Waals surface area contributed by atoms with Crippen molar-refractivity contribution in [3.63, 3.8) is 0 Å². The monoisotopic (exact) mass is 361 g/mol. The third kappa shape index (κ3) is 2.59. The normalized spacial score (nSPS) is 16.8. The fourth-order valence-corrected chi connectivity index (χ4v) is 3.17. The summed E-state index contributed by atoms with van der Waals surface area (Å²) < 4.78 is 39.3. The van der Waals surface area contributed by atoms with Crippen LogP contribution in [0.1, 0.15) is 41.9 Å². The maximum Gasteiger partial charge on any atom is 0.416 e. The summed E-state index contributed by atoms with van der Waals surface area (Å²) in [4.78, 5) is 21.4. The second-order valence-corrected chi connectivity index (χ2v) is 6.13. The molecule has 0 saturated heterocycles. The SMILES string of the molecule is CCCc1nc(C2C(=O)Nc3ccc(C(F)(F)F)cc32)c2cn[nH]c2n1. The van der Waals surface area contributed by atoms with E-state index in [0.29, 0.717) is 34.7 Å². The number of aromatic nitrogens is 4. The van der Waals surface area contributed by atoms with Gasteiger partial charge in [-0.25, -0.2) is 9.97 Å². The quantitative estimate of drug-likeness (QED) is 0.749. The van der Waals surface area contributed by atoms with Gasteiger partial charge in [-0.05, 0) is 30.2 Å². The lowest BCUT2D eigenvalue weighted by Gasteiger charge is -2.13. The molecule has 2 N–H and O–H groups in total. The Kier molecular flexibility index (Phi) is 3.67. The molecule has 0 spiro atoms. The molecule has 9 heteroatoms. The number of rotatable bonds is 3. The summed E-state index contributed by atoms with van der Waals surface area (Å²) in [5.74, 6) is -0.832. The molecule has 1 aliphatic heterocycles. The van der Waals surface area contributed by atoms with Gasteiger partial charge >= 0.3 is 6.18 Å². The molecule has 6 nitrogen and oxygen atoms in total. The van der Waals surface area contributed by atoms with Crippen LogP contribution in [0.3, 0.4) is 0 Å². The molecular formula is C17H14F3N5O. The van der Waals surface area contributed by atoms with Gasteiger partial charge in [0.05, 0.1) is 22.8 Å². The van der Waals surface area contributed by atoms with Crippen molar-refractivity contribution in [2.45, 2.75) is 31.9 Å². The van der Waals surface area contributed by atoms with E-state index in [1.165, 1.54) is 12.3 Å². The van der Waals surface area contributed by atoms with E-state index in [1.54, 1.807) is 0 Å². The second kappa shape index (κ2) is 5.79. The van der Waals surface area contributed by atoms with Gasteiger partial charge in [0, 0.05) is 12.1 Å². The van der Waals surface area contributed by atoms with E-state index in [-0.39, 0.29) is 5.56 Å². The lowest BCUT2D eigenvalue weighted by atomic mass is 9.93. The molecule has 0 fully saturated rings. The van der Waals surface area contributed by atoms with Crippen LogP contribution in [0.5, 0.6) is 0 Å². The van der Waals surface area contributed by atoms with Crippen LogP contribution in [0.2, 0.25) is 0 Å². The third-order valence-corrected chi connectivity index (χ3v) is 4.34. The zero-order chi connectivity index (χ0) is 18.5. The summed E-state index contributed by atoms with van der Waals surface area (Å²) in [6, 6.07) is 3.24. The summed E-state index contributed by atoms with van der Waals surface area (Å²) in [5.41, 5.74) is 0.646. The number of nitrogens with zero attached hydrogens (tertiary/aromatic N) is 3.